The number of alkyl halides is 1. The summed E-state index contributed by atoms with van der Waals surface area (Å²) in [5.74, 6) is -1.04. The number of rotatable bonds is 2. The minimum atomic E-state index is -1.21. The van der Waals surface area contributed by atoms with E-state index in [0.717, 1.165) is 0 Å². The van der Waals surface area contributed by atoms with Gasteiger partial charge in [-0.1, -0.05) is 34.8 Å². The molecule has 2 N–H and O–H groups in total. The van der Waals surface area contributed by atoms with E-state index in [1.807, 2.05) is 0 Å². The number of aldehydes is 1. The van der Waals surface area contributed by atoms with Gasteiger partial charge in [0.15, 0.2) is 5.75 Å². The molecule has 82 valence electrons. The summed E-state index contributed by atoms with van der Waals surface area (Å²) in [6.07, 6.45) is 0.339. The van der Waals surface area contributed by atoms with Crippen molar-refractivity contribution >= 4 is 52.7 Å². The Morgan fingerprint density at radius 2 is 1.47 bits per heavy atom. The van der Waals surface area contributed by atoms with Crippen LogP contribution < -0.4 is 0 Å². The second-order valence-electron chi connectivity index (χ2n) is 2.59. The van der Waals surface area contributed by atoms with Crippen molar-refractivity contribution in [1.29, 1.82) is 0 Å². The molecule has 0 saturated heterocycles. The second kappa shape index (κ2) is 4.66. The van der Waals surface area contributed by atoms with Gasteiger partial charge in [-0.15, -0.1) is 11.6 Å². The van der Waals surface area contributed by atoms with Crippen molar-refractivity contribution in [2.45, 2.75) is 5.38 Å². The standard InChI is InChI=1S/C8H4Cl4O3/c9-2(1-13)3-4(10)8(15)6(12)5(11)7(3)14/h1-2,14-15H. The third-order valence-electron chi connectivity index (χ3n) is 1.70. The first kappa shape index (κ1) is 12.7. The van der Waals surface area contributed by atoms with Crippen LogP contribution in [0.2, 0.25) is 15.1 Å². The molecule has 1 unspecified atom stereocenters. The van der Waals surface area contributed by atoms with E-state index < -0.39 is 16.9 Å². The summed E-state index contributed by atoms with van der Waals surface area (Å²) in [5.41, 5.74) is -0.166. The average molecular weight is 290 g/mol. The molecule has 0 aliphatic heterocycles. The summed E-state index contributed by atoms with van der Waals surface area (Å²) in [6.45, 7) is 0. The van der Waals surface area contributed by atoms with Gasteiger partial charge in [0.2, 0.25) is 0 Å². The van der Waals surface area contributed by atoms with E-state index in [-0.39, 0.29) is 20.6 Å². The van der Waals surface area contributed by atoms with Crippen molar-refractivity contribution in [2.75, 3.05) is 0 Å². The van der Waals surface area contributed by atoms with Gasteiger partial charge in [-0.3, -0.25) is 0 Å². The fourth-order valence-electron chi connectivity index (χ4n) is 0.974. The van der Waals surface area contributed by atoms with Crippen LogP contribution in [0.25, 0.3) is 0 Å². The van der Waals surface area contributed by atoms with Crippen molar-refractivity contribution in [3.05, 3.63) is 20.6 Å². The summed E-state index contributed by atoms with van der Waals surface area (Å²) < 4.78 is 0. The van der Waals surface area contributed by atoms with Gasteiger partial charge in [0.05, 0.1) is 5.02 Å². The molecular formula is C8H4Cl4O3. The third kappa shape index (κ3) is 2.11. The SMILES string of the molecule is O=CC(Cl)c1c(O)c(Cl)c(Cl)c(O)c1Cl. The molecule has 15 heavy (non-hydrogen) atoms. The van der Waals surface area contributed by atoms with Gasteiger partial charge in [-0.2, -0.15) is 0 Å². The molecule has 0 aromatic heterocycles. The summed E-state index contributed by atoms with van der Waals surface area (Å²) in [6, 6.07) is 0. The number of carbonyl (C=O) groups excluding carboxylic acids is 1. The highest BCUT2D eigenvalue weighted by molar-refractivity contribution is 6.46. The maximum Gasteiger partial charge on any atom is 0.154 e. The predicted octanol–water partition coefficient (Wildman–Crippen LogP) is 3.54. The summed E-state index contributed by atoms with van der Waals surface area (Å²) in [5, 5.41) is 16.8. The zero-order chi connectivity index (χ0) is 11.7. The van der Waals surface area contributed by atoms with Crippen molar-refractivity contribution in [3.63, 3.8) is 0 Å². The number of halogens is 4. The Hall–Kier alpha value is -0.350. The van der Waals surface area contributed by atoms with E-state index in [2.05, 4.69) is 0 Å². The molecule has 1 atom stereocenters. The van der Waals surface area contributed by atoms with E-state index in [1.54, 1.807) is 0 Å². The van der Waals surface area contributed by atoms with Gasteiger partial charge >= 0.3 is 0 Å². The van der Waals surface area contributed by atoms with Crippen LogP contribution in [0.15, 0.2) is 0 Å². The normalized spacial score (nSPS) is 12.5. The molecule has 0 heterocycles. The number of hydrogen-bond donors (Lipinski definition) is 2. The molecule has 3 nitrogen and oxygen atoms in total. The zero-order valence-corrected chi connectivity index (χ0v) is 9.99. The van der Waals surface area contributed by atoms with Gasteiger partial charge in [0.25, 0.3) is 0 Å². The lowest BCUT2D eigenvalue weighted by atomic mass is 10.1. The van der Waals surface area contributed by atoms with Crippen LogP contribution in [-0.2, 0) is 4.79 Å². The highest BCUT2D eigenvalue weighted by atomic mass is 35.5. The molecule has 0 spiro atoms. The van der Waals surface area contributed by atoms with E-state index >= 15 is 0 Å². The quantitative estimate of drug-likeness (QED) is 0.379. The summed E-state index contributed by atoms with van der Waals surface area (Å²) in [4.78, 5) is 10.5. The van der Waals surface area contributed by atoms with Crippen LogP contribution in [0, 0.1) is 0 Å². The van der Waals surface area contributed by atoms with Crippen LogP contribution in [0.4, 0.5) is 0 Å². The Balaban J connectivity index is 3.59. The second-order valence-corrected chi connectivity index (χ2v) is 4.19. The first-order valence-corrected chi connectivity index (χ1v) is 5.16. The Morgan fingerprint density at radius 1 is 1.00 bits per heavy atom. The molecule has 0 radical (unpaired) electrons. The van der Waals surface area contributed by atoms with E-state index in [4.69, 9.17) is 46.4 Å². The lowest BCUT2D eigenvalue weighted by molar-refractivity contribution is -0.107. The number of benzene rings is 1. The molecule has 1 aromatic carbocycles. The van der Waals surface area contributed by atoms with Crippen molar-refractivity contribution in [2.24, 2.45) is 0 Å². The van der Waals surface area contributed by atoms with Crippen molar-refractivity contribution in [1.82, 2.24) is 0 Å². The van der Waals surface area contributed by atoms with Crippen LogP contribution >= 0.6 is 46.4 Å². The first-order valence-electron chi connectivity index (χ1n) is 3.59. The highest BCUT2D eigenvalue weighted by Gasteiger charge is 2.25. The Morgan fingerprint density at radius 3 is 1.93 bits per heavy atom. The Bertz CT molecular complexity index is 390. The lowest BCUT2D eigenvalue weighted by Gasteiger charge is -2.12. The van der Waals surface area contributed by atoms with Crippen molar-refractivity contribution < 1.29 is 15.0 Å². The van der Waals surface area contributed by atoms with Gasteiger partial charge in [0, 0.05) is 5.56 Å². The molecule has 7 heteroatoms. The predicted molar refractivity (Wildman–Crippen MR) is 59.5 cm³/mol. The number of phenols is 2. The van der Waals surface area contributed by atoms with E-state index in [1.165, 1.54) is 0 Å². The lowest BCUT2D eigenvalue weighted by Crippen LogP contribution is -1.95. The van der Waals surface area contributed by atoms with Crippen LogP contribution in [-0.4, -0.2) is 16.5 Å². The largest absolute Gasteiger partial charge is 0.506 e. The monoisotopic (exact) mass is 288 g/mol. The number of hydrogen-bond acceptors (Lipinski definition) is 3. The van der Waals surface area contributed by atoms with Crippen LogP contribution in [0.5, 0.6) is 11.5 Å². The zero-order valence-electron chi connectivity index (χ0n) is 6.97. The molecular weight excluding hydrogens is 286 g/mol. The van der Waals surface area contributed by atoms with E-state index in [0.29, 0.717) is 6.29 Å². The number of carbonyl (C=O) groups is 1. The maximum absolute atomic E-state index is 10.5. The summed E-state index contributed by atoms with van der Waals surface area (Å²) in [7, 11) is 0. The van der Waals surface area contributed by atoms with Crippen molar-refractivity contribution in [3.8, 4) is 11.5 Å². The molecule has 1 aromatic rings. The molecule has 0 aliphatic carbocycles. The van der Waals surface area contributed by atoms with Gasteiger partial charge in [-0.25, -0.2) is 0 Å². The third-order valence-corrected chi connectivity index (χ3v) is 3.24. The molecule has 0 saturated carbocycles. The molecule has 0 amide bonds. The topological polar surface area (TPSA) is 57.5 Å². The maximum atomic E-state index is 10.5. The van der Waals surface area contributed by atoms with Gasteiger partial charge in [0.1, 0.15) is 27.5 Å². The minimum absolute atomic E-state index is 0.166. The smallest absolute Gasteiger partial charge is 0.154 e. The molecule has 0 bridgehead atoms. The highest BCUT2D eigenvalue weighted by Crippen LogP contribution is 2.49. The number of aromatic hydroxyl groups is 2. The van der Waals surface area contributed by atoms with Gasteiger partial charge in [-0.05, 0) is 0 Å². The molecule has 1 rings (SSSR count). The van der Waals surface area contributed by atoms with E-state index in [9.17, 15) is 15.0 Å². The van der Waals surface area contributed by atoms with Crippen LogP contribution in [0.1, 0.15) is 10.9 Å². The Labute approximate surface area is 105 Å². The fourth-order valence-corrected chi connectivity index (χ4v) is 1.97. The molecule has 0 aliphatic rings. The van der Waals surface area contributed by atoms with Gasteiger partial charge < -0.3 is 15.0 Å². The first-order chi connectivity index (χ1) is 6.91. The van der Waals surface area contributed by atoms with Crippen LogP contribution in [0.3, 0.4) is 0 Å². The average Bonchev–Trinajstić information content (AvgIpc) is 2.23. The fraction of sp³-hybridized carbons (Fsp3) is 0.125. The Kier molecular flexibility index (Phi) is 3.95. The minimum Gasteiger partial charge on any atom is -0.506 e. The molecule has 0 fully saturated rings. The summed E-state index contributed by atoms with van der Waals surface area (Å²) >= 11 is 22.4. The number of phenolic OH excluding ortho intramolecular Hbond substituents is 2.